The van der Waals surface area contributed by atoms with Gasteiger partial charge in [-0.15, -0.1) is 0 Å². The first-order valence-corrected chi connectivity index (χ1v) is 2.62. The molecule has 0 amide bonds. The van der Waals surface area contributed by atoms with E-state index in [-0.39, 0.29) is 12.0 Å². The molecule has 0 fully saturated rings. The van der Waals surface area contributed by atoms with Crippen molar-refractivity contribution in [3.8, 4) is 0 Å². The van der Waals surface area contributed by atoms with Gasteiger partial charge < -0.3 is 9.53 Å². The molecule has 0 aliphatic carbocycles. The lowest BCUT2D eigenvalue weighted by atomic mass is 10.1. The normalized spacial score (nSPS) is 34.6. The summed E-state index contributed by atoms with van der Waals surface area (Å²) in [5.41, 5.74) is 0. The Morgan fingerprint density at radius 1 is 1.75 bits per heavy atom. The molecule has 0 saturated heterocycles. The van der Waals surface area contributed by atoms with Crippen LogP contribution in [-0.4, -0.2) is 12.4 Å². The van der Waals surface area contributed by atoms with Crippen LogP contribution < -0.4 is 0 Å². The molecule has 2 atom stereocenters. The van der Waals surface area contributed by atoms with Gasteiger partial charge >= 0.3 is 0 Å². The quantitative estimate of drug-likeness (QED) is 0.467. The Morgan fingerprint density at radius 2 is 2.50 bits per heavy atom. The highest BCUT2D eigenvalue weighted by molar-refractivity contribution is 5.58. The minimum atomic E-state index is -0.0185. The fraction of sp³-hybridized carbons (Fsp3) is 0.500. The number of ether oxygens (including phenoxy) is 1. The number of carbonyl (C=O) groups excluding carboxylic acids is 1. The summed E-state index contributed by atoms with van der Waals surface area (Å²) < 4.78 is 4.94. The maximum atomic E-state index is 10.1. The Bertz CT molecular complexity index is 118. The van der Waals surface area contributed by atoms with Crippen LogP contribution in [0.1, 0.15) is 6.92 Å². The molecule has 1 aliphatic heterocycles. The Kier molecular flexibility index (Phi) is 1.33. The van der Waals surface area contributed by atoms with Crippen molar-refractivity contribution in [2.45, 2.75) is 13.0 Å². The first kappa shape index (κ1) is 5.35. The molecular formula is C6H8O2. The summed E-state index contributed by atoms with van der Waals surface area (Å²) in [7, 11) is 0. The SMILES string of the molecule is CC1OC=CC1C=O. The van der Waals surface area contributed by atoms with Gasteiger partial charge in [0.15, 0.2) is 0 Å². The van der Waals surface area contributed by atoms with Gasteiger partial charge in [0, 0.05) is 0 Å². The highest BCUT2D eigenvalue weighted by atomic mass is 16.5. The largest absolute Gasteiger partial charge is 0.498 e. The maximum absolute atomic E-state index is 10.1. The molecule has 0 saturated carbocycles. The summed E-state index contributed by atoms with van der Waals surface area (Å²) in [6.07, 6.45) is 4.28. The zero-order chi connectivity index (χ0) is 5.98. The fourth-order valence-electron chi connectivity index (χ4n) is 0.663. The van der Waals surface area contributed by atoms with Crippen LogP contribution in [0, 0.1) is 5.92 Å². The van der Waals surface area contributed by atoms with E-state index in [0.29, 0.717) is 0 Å². The van der Waals surface area contributed by atoms with Crippen LogP contribution in [0.15, 0.2) is 12.3 Å². The Hall–Kier alpha value is -0.790. The molecular weight excluding hydrogens is 104 g/mol. The number of hydrogen-bond acceptors (Lipinski definition) is 2. The molecule has 0 aromatic carbocycles. The minimum absolute atomic E-state index is 0.0185. The van der Waals surface area contributed by atoms with Crippen molar-refractivity contribution in [2.24, 2.45) is 5.92 Å². The van der Waals surface area contributed by atoms with Crippen molar-refractivity contribution in [3.63, 3.8) is 0 Å². The summed E-state index contributed by atoms with van der Waals surface area (Å²) in [5.74, 6) is -0.0185. The van der Waals surface area contributed by atoms with Crippen LogP contribution in [0.25, 0.3) is 0 Å². The lowest BCUT2D eigenvalue weighted by Gasteiger charge is -2.04. The second kappa shape index (κ2) is 1.99. The van der Waals surface area contributed by atoms with Crippen molar-refractivity contribution in [2.75, 3.05) is 0 Å². The zero-order valence-corrected chi connectivity index (χ0v) is 4.70. The van der Waals surface area contributed by atoms with E-state index in [0.717, 1.165) is 6.29 Å². The van der Waals surface area contributed by atoms with E-state index < -0.39 is 0 Å². The average molecular weight is 112 g/mol. The molecule has 1 aliphatic rings. The Balaban J connectivity index is 2.52. The van der Waals surface area contributed by atoms with Crippen LogP contribution in [0.5, 0.6) is 0 Å². The highest BCUT2D eigenvalue weighted by Gasteiger charge is 2.17. The third kappa shape index (κ3) is 0.735. The van der Waals surface area contributed by atoms with Crippen molar-refractivity contribution >= 4 is 6.29 Å². The molecule has 0 bridgehead atoms. The lowest BCUT2D eigenvalue weighted by Crippen LogP contribution is -2.12. The van der Waals surface area contributed by atoms with Gasteiger partial charge in [-0.3, -0.25) is 0 Å². The summed E-state index contributed by atoms with van der Waals surface area (Å²) in [6, 6.07) is 0. The first-order chi connectivity index (χ1) is 3.84. The van der Waals surface area contributed by atoms with Gasteiger partial charge in [0.2, 0.25) is 0 Å². The molecule has 2 unspecified atom stereocenters. The van der Waals surface area contributed by atoms with Crippen LogP contribution >= 0.6 is 0 Å². The number of carbonyl (C=O) groups is 1. The first-order valence-electron chi connectivity index (χ1n) is 2.62. The summed E-state index contributed by atoms with van der Waals surface area (Å²) in [5, 5.41) is 0. The van der Waals surface area contributed by atoms with Gasteiger partial charge in [-0.05, 0) is 13.0 Å². The third-order valence-electron chi connectivity index (χ3n) is 1.29. The second-order valence-electron chi connectivity index (χ2n) is 1.88. The zero-order valence-electron chi connectivity index (χ0n) is 4.70. The minimum Gasteiger partial charge on any atom is -0.498 e. The van der Waals surface area contributed by atoms with E-state index in [1.807, 2.05) is 6.92 Å². The van der Waals surface area contributed by atoms with Crippen molar-refractivity contribution < 1.29 is 9.53 Å². The Morgan fingerprint density at radius 3 is 2.75 bits per heavy atom. The van der Waals surface area contributed by atoms with E-state index in [2.05, 4.69) is 0 Å². The molecule has 0 radical (unpaired) electrons. The van der Waals surface area contributed by atoms with E-state index in [9.17, 15) is 4.79 Å². The van der Waals surface area contributed by atoms with Crippen molar-refractivity contribution in [1.29, 1.82) is 0 Å². The van der Waals surface area contributed by atoms with Crippen LogP contribution in [0.4, 0.5) is 0 Å². The molecule has 1 rings (SSSR count). The van der Waals surface area contributed by atoms with E-state index in [1.54, 1.807) is 12.3 Å². The maximum Gasteiger partial charge on any atom is 0.130 e. The van der Waals surface area contributed by atoms with Crippen molar-refractivity contribution in [3.05, 3.63) is 12.3 Å². The van der Waals surface area contributed by atoms with Gasteiger partial charge in [-0.2, -0.15) is 0 Å². The molecule has 2 nitrogen and oxygen atoms in total. The molecule has 8 heavy (non-hydrogen) atoms. The summed E-state index contributed by atoms with van der Waals surface area (Å²) >= 11 is 0. The number of rotatable bonds is 1. The van der Waals surface area contributed by atoms with Crippen LogP contribution in [0.2, 0.25) is 0 Å². The van der Waals surface area contributed by atoms with Crippen LogP contribution in [0.3, 0.4) is 0 Å². The third-order valence-corrected chi connectivity index (χ3v) is 1.29. The molecule has 44 valence electrons. The summed E-state index contributed by atoms with van der Waals surface area (Å²) in [6.45, 7) is 1.87. The van der Waals surface area contributed by atoms with Crippen molar-refractivity contribution in [1.82, 2.24) is 0 Å². The smallest absolute Gasteiger partial charge is 0.130 e. The predicted molar refractivity (Wildman–Crippen MR) is 29.2 cm³/mol. The predicted octanol–water partition coefficient (Wildman–Crippen LogP) is 0.734. The summed E-state index contributed by atoms with van der Waals surface area (Å²) in [4.78, 5) is 10.1. The molecule has 0 N–H and O–H groups in total. The van der Waals surface area contributed by atoms with Gasteiger partial charge in [-0.1, -0.05) is 0 Å². The average Bonchev–Trinajstić information content (AvgIpc) is 2.14. The topological polar surface area (TPSA) is 26.3 Å². The van der Waals surface area contributed by atoms with Gasteiger partial charge in [-0.25, -0.2) is 0 Å². The number of aldehydes is 1. The van der Waals surface area contributed by atoms with E-state index >= 15 is 0 Å². The van der Waals surface area contributed by atoms with Gasteiger partial charge in [0.05, 0.1) is 12.2 Å². The second-order valence-corrected chi connectivity index (χ2v) is 1.88. The molecule has 0 spiro atoms. The standard InChI is InChI=1S/C6H8O2/c1-5-6(4-7)2-3-8-5/h2-6H,1H3. The lowest BCUT2D eigenvalue weighted by molar-refractivity contribution is -0.111. The van der Waals surface area contributed by atoms with Gasteiger partial charge in [0.1, 0.15) is 12.4 Å². The Labute approximate surface area is 48.1 Å². The molecule has 0 aromatic rings. The van der Waals surface area contributed by atoms with Gasteiger partial charge in [0.25, 0.3) is 0 Å². The monoisotopic (exact) mass is 112 g/mol. The molecule has 1 heterocycles. The highest BCUT2D eigenvalue weighted by Crippen LogP contribution is 2.13. The number of hydrogen-bond donors (Lipinski definition) is 0. The molecule has 0 aromatic heterocycles. The molecule has 2 heteroatoms. The van der Waals surface area contributed by atoms with Crippen LogP contribution in [-0.2, 0) is 9.53 Å². The van der Waals surface area contributed by atoms with E-state index in [4.69, 9.17) is 4.74 Å². The fourth-order valence-corrected chi connectivity index (χ4v) is 0.663. The van der Waals surface area contributed by atoms with E-state index in [1.165, 1.54) is 0 Å².